The van der Waals surface area contributed by atoms with Gasteiger partial charge in [0.15, 0.2) is 5.75 Å². The van der Waals surface area contributed by atoms with E-state index in [0.717, 1.165) is 12.8 Å². The summed E-state index contributed by atoms with van der Waals surface area (Å²) in [6, 6.07) is 0. The number of unbranched alkanes of at least 4 members (excludes halogenated alkanes) is 1. The topological polar surface area (TPSA) is 73.3 Å². The smallest absolute Gasteiger partial charge is 0.289 e. The van der Waals surface area contributed by atoms with E-state index in [9.17, 15) is 4.79 Å². The van der Waals surface area contributed by atoms with E-state index < -0.39 is 0 Å². The standard InChI is InChI=1S/C11H15N3O3/c1-2-3-4-12-10(15)9-13-7-8-11(14-9)17-6-5-16-8/h7H,2-6H2,1H3,(H,12,15). The Balaban J connectivity index is 2.03. The zero-order chi connectivity index (χ0) is 12.1. The lowest BCUT2D eigenvalue weighted by Crippen LogP contribution is -2.27. The molecule has 0 atom stereocenters. The Morgan fingerprint density at radius 1 is 1.47 bits per heavy atom. The lowest BCUT2D eigenvalue weighted by molar-refractivity contribution is 0.0938. The third kappa shape index (κ3) is 2.83. The number of carbonyl (C=O) groups is 1. The van der Waals surface area contributed by atoms with E-state index in [1.54, 1.807) is 0 Å². The van der Waals surface area contributed by atoms with Crippen molar-refractivity contribution < 1.29 is 14.3 Å². The minimum atomic E-state index is -0.282. The molecule has 0 aromatic carbocycles. The molecule has 1 aliphatic rings. The number of carbonyl (C=O) groups excluding carboxylic acids is 1. The van der Waals surface area contributed by atoms with Gasteiger partial charge in [-0.05, 0) is 6.42 Å². The average Bonchev–Trinajstić information content (AvgIpc) is 2.38. The highest BCUT2D eigenvalue weighted by atomic mass is 16.6. The van der Waals surface area contributed by atoms with Gasteiger partial charge in [-0.15, -0.1) is 0 Å². The van der Waals surface area contributed by atoms with Crippen molar-refractivity contribution in [3.05, 3.63) is 12.0 Å². The molecule has 1 amide bonds. The monoisotopic (exact) mass is 237 g/mol. The fourth-order valence-electron chi connectivity index (χ4n) is 1.41. The van der Waals surface area contributed by atoms with E-state index in [2.05, 4.69) is 22.2 Å². The second-order valence-corrected chi connectivity index (χ2v) is 3.67. The molecule has 0 saturated heterocycles. The molecule has 0 aliphatic carbocycles. The van der Waals surface area contributed by atoms with E-state index in [0.29, 0.717) is 31.4 Å². The van der Waals surface area contributed by atoms with Crippen LogP contribution in [-0.2, 0) is 0 Å². The van der Waals surface area contributed by atoms with E-state index in [4.69, 9.17) is 9.47 Å². The Hall–Kier alpha value is -1.85. The Bertz CT molecular complexity index is 409. The highest BCUT2D eigenvalue weighted by Crippen LogP contribution is 2.25. The lowest BCUT2D eigenvalue weighted by atomic mass is 10.3. The van der Waals surface area contributed by atoms with Gasteiger partial charge in [-0.25, -0.2) is 4.98 Å². The van der Waals surface area contributed by atoms with Gasteiger partial charge in [-0.3, -0.25) is 4.79 Å². The molecular weight excluding hydrogens is 222 g/mol. The minimum Gasteiger partial charge on any atom is -0.483 e. The SMILES string of the molecule is CCCCNC(=O)c1ncc2c(n1)OCCO2. The van der Waals surface area contributed by atoms with Crippen molar-refractivity contribution in [1.82, 2.24) is 15.3 Å². The highest BCUT2D eigenvalue weighted by molar-refractivity contribution is 5.90. The first-order valence-electron chi connectivity index (χ1n) is 5.72. The fraction of sp³-hybridized carbons (Fsp3) is 0.545. The number of rotatable bonds is 4. The molecular formula is C11H15N3O3. The molecule has 0 saturated carbocycles. The van der Waals surface area contributed by atoms with Gasteiger partial charge in [0.2, 0.25) is 5.82 Å². The van der Waals surface area contributed by atoms with Gasteiger partial charge in [0.05, 0.1) is 6.20 Å². The van der Waals surface area contributed by atoms with E-state index in [1.807, 2.05) is 0 Å². The van der Waals surface area contributed by atoms with Crippen molar-refractivity contribution in [2.24, 2.45) is 0 Å². The van der Waals surface area contributed by atoms with Crippen LogP contribution in [-0.4, -0.2) is 35.6 Å². The van der Waals surface area contributed by atoms with Gasteiger partial charge in [-0.1, -0.05) is 13.3 Å². The molecule has 6 heteroatoms. The van der Waals surface area contributed by atoms with Crippen LogP contribution in [0.2, 0.25) is 0 Å². The summed E-state index contributed by atoms with van der Waals surface area (Å²) in [7, 11) is 0. The van der Waals surface area contributed by atoms with Crippen LogP contribution in [0.25, 0.3) is 0 Å². The summed E-state index contributed by atoms with van der Waals surface area (Å²) in [5.74, 6) is 0.661. The van der Waals surface area contributed by atoms with Crippen LogP contribution in [0.4, 0.5) is 0 Å². The summed E-state index contributed by atoms with van der Waals surface area (Å²) in [6.45, 7) is 3.62. The van der Waals surface area contributed by atoms with Crippen molar-refractivity contribution in [3.63, 3.8) is 0 Å². The van der Waals surface area contributed by atoms with Gasteiger partial charge in [0.25, 0.3) is 11.8 Å². The number of hydrogen-bond acceptors (Lipinski definition) is 5. The Morgan fingerprint density at radius 2 is 2.29 bits per heavy atom. The van der Waals surface area contributed by atoms with Crippen LogP contribution in [0.1, 0.15) is 30.4 Å². The summed E-state index contributed by atoms with van der Waals surface area (Å²) in [5.41, 5.74) is 0. The van der Waals surface area contributed by atoms with Crippen molar-refractivity contribution in [3.8, 4) is 11.6 Å². The number of nitrogens with zero attached hydrogens (tertiary/aromatic N) is 2. The highest BCUT2D eigenvalue weighted by Gasteiger charge is 2.17. The van der Waals surface area contributed by atoms with Crippen molar-refractivity contribution >= 4 is 5.91 Å². The fourth-order valence-corrected chi connectivity index (χ4v) is 1.41. The molecule has 92 valence electrons. The van der Waals surface area contributed by atoms with Gasteiger partial charge < -0.3 is 14.8 Å². The molecule has 0 bridgehead atoms. The number of nitrogens with one attached hydrogen (secondary N) is 1. The molecule has 1 N–H and O–H groups in total. The first-order chi connectivity index (χ1) is 8.31. The molecule has 1 aromatic rings. The third-order valence-electron chi connectivity index (χ3n) is 2.32. The number of fused-ring (bicyclic) bond motifs is 1. The van der Waals surface area contributed by atoms with Gasteiger partial charge in [-0.2, -0.15) is 4.98 Å². The summed E-state index contributed by atoms with van der Waals surface area (Å²) < 4.78 is 10.6. The number of ether oxygens (including phenoxy) is 2. The third-order valence-corrected chi connectivity index (χ3v) is 2.32. The second-order valence-electron chi connectivity index (χ2n) is 3.67. The molecule has 2 rings (SSSR count). The maximum Gasteiger partial charge on any atom is 0.289 e. The molecule has 1 aromatic heterocycles. The van der Waals surface area contributed by atoms with E-state index >= 15 is 0 Å². The largest absolute Gasteiger partial charge is 0.483 e. The Morgan fingerprint density at radius 3 is 3.12 bits per heavy atom. The van der Waals surface area contributed by atoms with Gasteiger partial charge in [0, 0.05) is 6.54 Å². The molecule has 2 heterocycles. The zero-order valence-corrected chi connectivity index (χ0v) is 9.73. The molecule has 6 nitrogen and oxygen atoms in total. The molecule has 0 spiro atoms. The first kappa shape index (κ1) is 11.6. The summed E-state index contributed by atoms with van der Waals surface area (Å²) in [4.78, 5) is 19.6. The normalized spacial score (nSPS) is 13.2. The van der Waals surface area contributed by atoms with Gasteiger partial charge in [0.1, 0.15) is 13.2 Å². The van der Waals surface area contributed by atoms with E-state index in [1.165, 1.54) is 6.20 Å². The predicted octanol–water partition coefficient (Wildman–Crippen LogP) is 0.778. The summed E-state index contributed by atoms with van der Waals surface area (Å²) in [5, 5.41) is 2.75. The van der Waals surface area contributed by atoms with Crippen LogP contribution in [0.3, 0.4) is 0 Å². The van der Waals surface area contributed by atoms with Crippen LogP contribution in [0.5, 0.6) is 11.6 Å². The number of aromatic nitrogens is 2. The maximum atomic E-state index is 11.7. The number of amides is 1. The molecule has 1 aliphatic heterocycles. The van der Waals surface area contributed by atoms with Crippen LogP contribution < -0.4 is 14.8 Å². The summed E-state index contributed by atoms with van der Waals surface area (Å²) in [6.07, 6.45) is 3.44. The Labute approximate surface area is 99.4 Å². The summed E-state index contributed by atoms with van der Waals surface area (Å²) >= 11 is 0. The van der Waals surface area contributed by atoms with E-state index in [-0.39, 0.29) is 11.7 Å². The van der Waals surface area contributed by atoms with Crippen molar-refractivity contribution in [2.45, 2.75) is 19.8 Å². The quantitative estimate of drug-likeness (QED) is 0.783. The average molecular weight is 237 g/mol. The van der Waals surface area contributed by atoms with Crippen LogP contribution in [0, 0.1) is 0 Å². The lowest BCUT2D eigenvalue weighted by Gasteiger charge is -2.16. The Kier molecular flexibility index (Phi) is 3.74. The maximum absolute atomic E-state index is 11.7. The zero-order valence-electron chi connectivity index (χ0n) is 9.73. The van der Waals surface area contributed by atoms with Crippen LogP contribution >= 0.6 is 0 Å². The van der Waals surface area contributed by atoms with Crippen LogP contribution in [0.15, 0.2) is 6.20 Å². The van der Waals surface area contributed by atoms with Crippen molar-refractivity contribution in [2.75, 3.05) is 19.8 Å². The molecule has 0 unspecified atom stereocenters. The minimum absolute atomic E-state index is 0.116. The second kappa shape index (κ2) is 5.47. The number of hydrogen-bond donors (Lipinski definition) is 1. The molecule has 17 heavy (non-hydrogen) atoms. The van der Waals surface area contributed by atoms with Gasteiger partial charge >= 0.3 is 0 Å². The first-order valence-corrected chi connectivity index (χ1v) is 5.72. The van der Waals surface area contributed by atoms with Crippen molar-refractivity contribution in [1.29, 1.82) is 0 Å². The molecule has 0 fully saturated rings. The molecule has 0 radical (unpaired) electrons. The predicted molar refractivity (Wildman–Crippen MR) is 60.3 cm³/mol.